The van der Waals surface area contributed by atoms with Gasteiger partial charge in [0.25, 0.3) is 0 Å². The first kappa shape index (κ1) is 17.4. The van der Waals surface area contributed by atoms with Gasteiger partial charge in [0.15, 0.2) is 0 Å². The standard InChI is InChI=1S/C17H16ClNO3S/c1-11-2-4-12(5-3-11)9-23-10-16(20)19-13-6-7-15(18)14(8-13)17(21)22/h2-8H,9-10H2,1H3,(H,19,20)(H,21,22). The molecule has 0 saturated heterocycles. The summed E-state index contributed by atoms with van der Waals surface area (Å²) in [6.45, 7) is 2.03. The predicted molar refractivity (Wildman–Crippen MR) is 94.4 cm³/mol. The van der Waals surface area contributed by atoms with E-state index in [1.807, 2.05) is 31.2 Å². The van der Waals surface area contributed by atoms with E-state index in [4.69, 9.17) is 16.7 Å². The largest absolute Gasteiger partial charge is 0.478 e. The second-order valence-electron chi connectivity index (χ2n) is 5.03. The highest BCUT2D eigenvalue weighted by Gasteiger charge is 2.11. The molecule has 0 aliphatic rings. The number of aryl methyl sites for hydroxylation is 1. The number of carboxylic acid groups (broad SMARTS) is 1. The molecule has 0 aliphatic carbocycles. The van der Waals surface area contributed by atoms with Crippen molar-refractivity contribution in [2.75, 3.05) is 11.1 Å². The van der Waals surface area contributed by atoms with Crippen molar-refractivity contribution < 1.29 is 14.7 Å². The first-order valence-electron chi connectivity index (χ1n) is 6.91. The molecule has 2 N–H and O–H groups in total. The summed E-state index contributed by atoms with van der Waals surface area (Å²) in [6.07, 6.45) is 0. The molecule has 0 atom stereocenters. The summed E-state index contributed by atoms with van der Waals surface area (Å²) in [6, 6.07) is 12.6. The van der Waals surface area contributed by atoms with Gasteiger partial charge >= 0.3 is 5.97 Å². The third-order valence-corrected chi connectivity index (χ3v) is 4.44. The number of carboxylic acids is 1. The second kappa shape index (κ2) is 8.04. The van der Waals surface area contributed by atoms with Crippen LogP contribution in [0.25, 0.3) is 0 Å². The Morgan fingerprint density at radius 3 is 2.52 bits per heavy atom. The van der Waals surface area contributed by atoms with E-state index in [0.29, 0.717) is 11.4 Å². The molecule has 6 heteroatoms. The number of benzene rings is 2. The molecular formula is C17H16ClNO3S. The highest BCUT2D eigenvalue weighted by Crippen LogP contribution is 2.21. The summed E-state index contributed by atoms with van der Waals surface area (Å²) >= 11 is 7.29. The van der Waals surface area contributed by atoms with Crippen LogP contribution < -0.4 is 5.32 Å². The lowest BCUT2D eigenvalue weighted by molar-refractivity contribution is -0.113. The minimum Gasteiger partial charge on any atom is -0.478 e. The van der Waals surface area contributed by atoms with Gasteiger partial charge in [-0.25, -0.2) is 4.79 Å². The summed E-state index contributed by atoms with van der Waals surface area (Å²) in [5.41, 5.74) is 2.76. The summed E-state index contributed by atoms with van der Waals surface area (Å²) < 4.78 is 0. The lowest BCUT2D eigenvalue weighted by Gasteiger charge is -2.07. The van der Waals surface area contributed by atoms with Crippen LogP contribution in [0.1, 0.15) is 21.5 Å². The quantitative estimate of drug-likeness (QED) is 0.819. The zero-order valence-electron chi connectivity index (χ0n) is 12.5. The summed E-state index contributed by atoms with van der Waals surface area (Å²) in [7, 11) is 0. The fourth-order valence-electron chi connectivity index (χ4n) is 1.91. The molecule has 4 nitrogen and oxygen atoms in total. The highest BCUT2D eigenvalue weighted by atomic mass is 35.5. The van der Waals surface area contributed by atoms with Crippen LogP contribution in [0.2, 0.25) is 5.02 Å². The van der Waals surface area contributed by atoms with Gasteiger partial charge in [0.05, 0.1) is 16.3 Å². The minimum atomic E-state index is -1.13. The Bertz CT molecular complexity index is 716. The van der Waals surface area contributed by atoms with Crippen molar-refractivity contribution in [1.29, 1.82) is 0 Å². The minimum absolute atomic E-state index is 0.0308. The molecule has 0 aromatic heterocycles. The van der Waals surface area contributed by atoms with Gasteiger partial charge in [-0.3, -0.25) is 4.79 Å². The zero-order chi connectivity index (χ0) is 16.8. The Morgan fingerprint density at radius 2 is 1.87 bits per heavy atom. The van der Waals surface area contributed by atoms with Gasteiger partial charge < -0.3 is 10.4 Å². The first-order chi connectivity index (χ1) is 11.0. The molecule has 0 aliphatic heterocycles. The Kier molecular flexibility index (Phi) is 6.07. The molecule has 0 bridgehead atoms. The molecule has 0 fully saturated rings. The van der Waals surface area contributed by atoms with Crippen LogP contribution in [0.4, 0.5) is 5.69 Å². The van der Waals surface area contributed by atoms with Crippen molar-refractivity contribution in [3.05, 3.63) is 64.2 Å². The molecule has 1 amide bonds. The van der Waals surface area contributed by atoms with Gasteiger partial charge in [-0.2, -0.15) is 0 Å². The second-order valence-corrected chi connectivity index (χ2v) is 6.42. The average molecular weight is 350 g/mol. The third-order valence-electron chi connectivity index (χ3n) is 3.10. The van der Waals surface area contributed by atoms with E-state index >= 15 is 0 Å². The first-order valence-corrected chi connectivity index (χ1v) is 8.45. The van der Waals surface area contributed by atoms with E-state index in [0.717, 1.165) is 11.3 Å². The number of thioether (sulfide) groups is 1. The number of nitrogens with one attached hydrogen (secondary N) is 1. The van der Waals surface area contributed by atoms with Gasteiger partial charge in [-0.1, -0.05) is 41.4 Å². The van der Waals surface area contributed by atoms with Gasteiger partial charge in [0, 0.05) is 11.4 Å². The lowest BCUT2D eigenvalue weighted by Crippen LogP contribution is -2.14. The van der Waals surface area contributed by atoms with Crippen LogP contribution in [0.3, 0.4) is 0 Å². The predicted octanol–water partition coefficient (Wildman–Crippen LogP) is 4.22. The maximum absolute atomic E-state index is 11.9. The summed E-state index contributed by atoms with van der Waals surface area (Å²) in [4.78, 5) is 22.9. The molecule has 23 heavy (non-hydrogen) atoms. The molecule has 0 radical (unpaired) electrons. The van der Waals surface area contributed by atoms with Crippen molar-refractivity contribution in [2.24, 2.45) is 0 Å². The number of amides is 1. The third kappa shape index (κ3) is 5.30. The van der Waals surface area contributed by atoms with E-state index in [9.17, 15) is 9.59 Å². The fourth-order valence-corrected chi connectivity index (χ4v) is 2.90. The molecule has 2 aromatic carbocycles. The average Bonchev–Trinajstić information content (AvgIpc) is 2.51. The zero-order valence-corrected chi connectivity index (χ0v) is 14.1. The number of carbonyl (C=O) groups is 2. The van der Waals surface area contributed by atoms with Crippen molar-refractivity contribution in [1.82, 2.24) is 0 Å². The van der Waals surface area contributed by atoms with Crippen LogP contribution in [-0.4, -0.2) is 22.7 Å². The summed E-state index contributed by atoms with van der Waals surface area (Å²) in [5.74, 6) is -0.270. The van der Waals surface area contributed by atoms with Crippen molar-refractivity contribution in [3.8, 4) is 0 Å². The number of aromatic carboxylic acids is 1. The monoisotopic (exact) mass is 349 g/mol. The number of halogens is 1. The number of rotatable bonds is 6. The Morgan fingerprint density at radius 1 is 1.17 bits per heavy atom. The number of hydrogen-bond donors (Lipinski definition) is 2. The van der Waals surface area contributed by atoms with Crippen LogP contribution in [0, 0.1) is 6.92 Å². The lowest BCUT2D eigenvalue weighted by atomic mass is 10.2. The van der Waals surface area contributed by atoms with Crippen molar-refractivity contribution in [2.45, 2.75) is 12.7 Å². The van der Waals surface area contributed by atoms with E-state index in [2.05, 4.69) is 5.32 Å². The van der Waals surface area contributed by atoms with Crippen molar-refractivity contribution >= 4 is 40.9 Å². The SMILES string of the molecule is Cc1ccc(CSCC(=O)Nc2ccc(Cl)c(C(=O)O)c2)cc1. The Hall–Kier alpha value is -1.98. The van der Waals surface area contributed by atoms with E-state index in [1.165, 1.54) is 29.5 Å². The smallest absolute Gasteiger partial charge is 0.337 e. The maximum atomic E-state index is 11.9. The van der Waals surface area contributed by atoms with Gasteiger partial charge in [0.1, 0.15) is 0 Å². The molecule has 2 aromatic rings. The van der Waals surface area contributed by atoms with E-state index in [-0.39, 0.29) is 16.5 Å². The van der Waals surface area contributed by atoms with E-state index in [1.54, 1.807) is 6.07 Å². The van der Waals surface area contributed by atoms with Gasteiger partial charge in [-0.15, -0.1) is 11.8 Å². The Labute approximate surface area is 143 Å². The topological polar surface area (TPSA) is 66.4 Å². The van der Waals surface area contributed by atoms with Crippen LogP contribution >= 0.6 is 23.4 Å². The highest BCUT2D eigenvalue weighted by molar-refractivity contribution is 7.99. The van der Waals surface area contributed by atoms with E-state index < -0.39 is 5.97 Å². The molecule has 0 heterocycles. The number of carbonyl (C=O) groups excluding carboxylic acids is 1. The van der Waals surface area contributed by atoms with Crippen LogP contribution in [-0.2, 0) is 10.5 Å². The molecular weight excluding hydrogens is 334 g/mol. The molecule has 120 valence electrons. The fraction of sp³-hybridized carbons (Fsp3) is 0.176. The van der Waals surface area contributed by atoms with Crippen LogP contribution in [0.15, 0.2) is 42.5 Å². The molecule has 2 rings (SSSR count). The van der Waals surface area contributed by atoms with Gasteiger partial charge in [0.2, 0.25) is 5.91 Å². The number of hydrogen-bond acceptors (Lipinski definition) is 3. The Balaban J connectivity index is 1.86. The van der Waals surface area contributed by atoms with Crippen LogP contribution in [0.5, 0.6) is 0 Å². The normalized spacial score (nSPS) is 10.3. The number of anilines is 1. The summed E-state index contributed by atoms with van der Waals surface area (Å²) in [5, 5.41) is 11.8. The van der Waals surface area contributed by atoms with Gasteiger partial charge in [-0.05, 0) is 30.7 Å². The van der Waals surface area contributed by atoms with Crippen molar-refractivity contribution in [3.63, 3.8) is 0 Å². The maximum Gasteiger partial charge on any atom is 0.337 e. The molecule has 0 saturated carbocycles. The molecule has 0 unspecified atom stereocenters. The molecule has 0 spiro atoms.